The number of carbonyl (C=O) groups is 2. The molecule has 4 rings (SSSR count). The zero-order valence-electron chi connectivity index (χ0n) is 18.3. The van der Waals surface area contributed by atoms with Crippen molar-refractivity contribution in [2.75, 3.05) is 18.4 Å². The molecule has 2 saturated heterocycles. The molecule has 3 N–H and O–H groups in total. The lowest BCUT2D eigenvalue weighted by Gasteiger charge is -2.34. The fraction of sp³-hybridized carbons (Fsp3) is 0.391. The standard InChI is InChI=1S/C23H22F6N4O2/c24-18-9-20(26)19(25)6-12(18)5-14(30)7-21(34)32-10-17-8-16(32)11-33(17)22(35)31-15-3-1-13(2-4-15)23(27,28)29/h1-4,6,9,14,16-17H,5,7-8,10-11,30H2,(H,31,35)/t14-,16+,17-/m1/s1. The molecule has 2 aromatic rings. The number of fused-ring (bicyclic) bond motifs is 2. The first-order valence-corrected chi connectivity index (χ1v) is 10.9. The van der Waals surface area contributed by atoms with Crippen LogP contribution >= 0.6 is 0 Å². The van der Waals surface area contributed by atoms with Crippen molar-refractivity contribution >= 4 is 17.6 Å². The van der Waals surface area contributed by atoms with Crippen LogP contribution in [0.25, 0.3) is 0 Å². The van der Waals surface area contributed by atoms with Crippen molar-refractivity contribution in [3.05, 3.63) is 65.0 Å². The zero-order chi connectivity index (χ0) is 25.5. The molecule has 2 aliphatic rings. The number of nitrogens with one attached hydrogen (secondary N) is 1. The van der Waals surface area contributed by atoms with Crippen LogP contribution in [0.5, 0.6) is 0 Å². The van der Waals surface area contributed by atoms with E-state index in [1.807, 2.05) is 0 Å². The van der Waals surface area contributed by atoms with Crippen molar-refractivity contribution in [2.24, 2.45) is 5.73 Å². The van der Waals surface area contributed by atoms with Crippen LogP contribution in [-0.2, 0) is 17.4 Å². The number of piperazine rings is 1. The summed E-state index contributed by atoms with van der Waals surface area (Å²) in [5, 5.41) is 2.57. The van der Waals surface area contributed by atoms with Crippen LogP contribution in [0.2, 0.25) is 0 Å². The van der Waals surface area contributed by atoms with E-state index in [0.29, 0.717) is 12.5 Å². The number of hydrogen-bond donors (Lipinski definition) is 2. The van der Waals surface area contributed by atoms with E-state index in [1.54, 1.807) is 4.90 Å². The average Bonchev–Trinajstić information content (AvgIpc) is 3.38. The summed E-state index contributed by atoms with van der Waals surface area (Å²) in [5.74, 6) is -3.75. The summed E-state index contributed by atoms with van der Waals surface area (Å²) in [5.41, 5.74) is 5.22. The predicted molar refractivity (Wildman–Crippen MR) is 114 cm³/mol. The van der Waals surface area contributed by atoms with Gasteiger partial charge in [0.15, 0.2) is 11.6 Å². The van der Waals surface area contributed by atoms with Crippen molar-refractivity contribution in [1.82, 2.24) is 9.80 Å². The van der Waals surface area contributed by atoms with E-state index < -0.39 is 41.3 Å². The summed E-state index contributed by atoms with van der Waals surface area (Å²) >= 11 is 0. The van der Waals surface area contributed by atoms with E-state index >= 15 is 0 Å². The van der Waals surface area contributed by atoms with Crippen LogP contribution in [0.3, 0.4) is 0 Å². The molecule has 3 atom stereocenters. The first-order chi connectivity index (χ1) is 16.4. The Labute approximate surface area is 196 Å². The number of nitrogens with two attached hydrogens (primary N) is 1. The second-order valence-electron chi connectivity index (χ2n) is 8.77. The molecule has 6 nitrogen and oxygen atoms in total. The highest BCUT2D eigenvalue weighted by molar-refractivity contribution is 5.90. The van der Waals surface area contributed by atoms with Crippen molar-refractivity contribution in [2.45, 2.75) is 43.6 Å². The molecule has 0 aliphatic carbocycles. The minimum atomic E-state index is -4.47. The maximum Gasteiger partial charge on any atom is 0.416 e. The SMILES string of the molecule is N[C@@H](CC(=O)N1C[C@H]2C[C@H]1CN2C(=O)Nc1ccc(C(F)(F)F)cc1)Cc1cc(F)c(F)cc1F. The van der Waals surface area contributed by atoms with Gasteiger partial charge < -0.3 is 20.9 Å². The largest absolute Gasteiger partial charge is 0.416 e. The molecule has 2 aliphatic heterocycles. The number of likely N-dealkylation sites (tertiary alicyclic amines) is 2. The molecular formula is C23H22F6N4O2. The summed E-state index contributed by atoms with van der Waals surface area (Å²) in [7, 11) is 0. The number of urea groups is 1. The molecule has 35 heavy (non-hydrogen) atoms. The first-order valence-electron chi connectivity index (χ1n) is 10.9. The lowest BCUT2D eigenvalue weighted by Crippen LogP contribution is -2.52. The predicted octanol–water partition coefficient (Wildman–Crippen LogP) is 3.90. The molecule has 2 fully saturated rings. The van der Waals surface area contributed by atoms with Gasteiger partial charge in [0.25, 0.3) is 0 Å². The smallest absolute Gasteiger partial charge is 0.336 e. The Bertz CT molecular complexity index is 1120. The fourth-order valence-corrected chi connectivity index (χ4v) is 4.58. The Balaban J connectivity index is 1.29. The van der Waals surface area contributed by atoms with Gasteiger partial charge in [-0.15, -0.1) is 0 Å². The van der Waals surface area contributed by atoms with Gasteiger partial charge in [-0.25, -0.2) is 18.0 Å². The molecule has 0 radical (unpaired) electrons. The topological polar surface area (TPSA) is 78.7 Å². The Morgan fingerprint density at radius 3 is 2.17 bits per heavy atom. The van der Waals surface area contributed by atoms with E-state index in [4.69, 9.17) is 5.73 Å². The maximum atomic E-state index is 13.8. The lowest BCUT2D eigenvalue weighted by molar-refractivity contribution is -0.137. The van der Waals surface area contributed by atoms with Gasteiger partial charge in [0.1, 0.15) is 5.82 Å². The number of anilines is 1. The van der Waals surface area contributed by atoms with Gasteiger partial charge in [-0.3, -0.25) is 4.79 Å². The van der Waals surface area contributed by atoms with Crippen LogP contribution in [0.4, 0.5) is 36.8 Å². The summed E-state index contributed by atoms with van der Waals surface area (Å²) in [6.07, 6.45) is -4.23. The van der Waals surface area contributed by atoms with Gasteiger partial charge in [0.05, 0.1) is 17.6 Å². The number of hydrogen-bond acceptors (Lipinski definition) is 3. The van der Waals surface area contributed by atoms with Gasteiger partial charge in [0.2, 0.25) is 5.91 Å². The highest BCUT2D eigenvalue weighted by atomic mass is 19.4. The van der Waals surface area contributed by atoms with Crippen LogP contribution in [-0.4, -0.2) is 53.0 Å². The molecule has 0 unspecified atom stereocenters. The Morgan fingerprint density at radius 2 is 1.57 bits per heavy atom. The van der Waals surface area contributed by atoms with Crippen LogP contribution in [0.15, 0.2) is 36.4 Å². The van der Waals surface area contributed by atoms with Crippen LogP contribution in [0.1, 0.15) is 24.0 Å². The highest BCUT2D eigenvalue weighted by Gasteiger charge is 2.47. The van der Waals surface area contributed by atoms with E-state index in [0.717, 1.165) is 18.2 Å². The maximum absolute atomic E-state index is 13.8. The third-order valence-corrected chi connectivity index (χ3v) is 6.29. The second kappa shape index (κ2) is 9.40. The third kappa shape index (κ3) is 5.37. The number of halogens is 6. The van der Waals surface area contributed by atoms with Crippen LogP contribution < -0.4 is 11.1 Å². The van der Waals surface area contributed by atoms with Crippen molar-refractivity contribution in [3.63, 3.8) is 0 Å². The number of nitrogens with zero attached hydrogens (tertiary/aromatic N) is 2. The first kappa shape index (κ1) is 24.8. The molecule has 2 aromatic carbocycles. The number of rotatable bonds is 5. The van der Waals surface area contributed by atoms with Gasteiger partial charge >= 0.3 is 12.2 Å². The van der Waals surface area contributed by atoms with E-state index in [2.05, 4.69) is 5.32 Å². The summed E-state index contributed by atoms with van der Waals surface area (Å²) in [4.78, 5) is 28.5. The fourth-order valence-electron chi connectivity index (χ4n) is 4.58. The summed E-state index contributed by atoms with van der Waals surface area (Å²) < 4.78 is 78.4. The molecular weight excluding hydrogens is 478 g/mol. The molecule has 0 aromatic heterocycles. The van der Waals surface area contributed by atoms with Crippen molar-refractivity contribution < 1.29 is 35.9 Å². The summed E-state index contributed by atoms with van der Waals surface area (Å²) in [6, 6.07) is 3.43. The van der Waals surface area contributed by atoms with Gasteiger partial charge in [-0.1, -0.05) is 0 Å². The quantitative estimate of drug-likeness (QED) is 0.483. The van der Waals surface area contributed by atoms with Crippen molar-refractivity contribution in [3.8, 4) is 0 Å². The normalized spacial score (nSPS) is 20.3. The number of amides is 3. The molecule has 0 saturated carbocycles. The molecule has 12 heteroatoms. The number of carbonyl (C=O) groups excluding carboxylic acids is 2. The second-order valence-corrected chi connectivity index (χ2v) is 8.77. The summed E-state index contributed by atoms with van der Waals surface area (Å²) in [6.45, 7) is 0.506. The molecule has 188 valence electrons. The molecule has 2 bridgehead atoms. The monoisotopic (exact) mass is 500 g/mol. The lowest BCUT2D eigenvalue weighted by atomic mass is 10.0. The van der Waals surface area contributed by atoms with E-state index in [9.17, 15) is 35.9 Å². The van der Waals surface area contributed by atoms with Gasteiger partial charge in [-0.05, 0) is 48.7 Å². The molecule has 2 heterocycles. The minimum absolute atomic E-state index is 0.127. The molecule has 3 amide bonds. The number of benzene rings is 2. The Morgan fingerprint density at radius 1 is 0.971 bits per heavy atom. The Hall–Kier alpha value is -3.28. The van der Waals surface area contributed by atoms with E-state index in [-0.39, 0.29) is 55.2 Å². The highest BCUT2D eigenvalue weighted by Crippen LogP contribution is 2.33. The van der Waals surface area contributed by atoms with Crippen molar-refractivity contribution in [1.29, 1.82) is 0 Å². The van der Waals surface area contributed by atoms with Gasteiger partial charge in [0, 0.05) is 37.3 Å². The van der Waals surface area contributed by atoms with Crippen LogP contribution in [0, 0.1) is 17.5 Å². The van der Waals surface area contributed by atoms with Gasteiger partial charge in [-0.2, -0.15) is 13.2 Å². The Kier molecular flexibility index (Phi) is 6.67. The minimum Gasteiger partial charge on any atom is -0.336 e. The average molecular weight is 500 g/mol. The van der Waals surface area contributed by atoms with E-state index in [1.165, 1.54) is 17.0 Å². The third-order valence-electron chi connectivity index (χ3n) is 6.29. The zero-order valence-corrected chi connectivity index (χ0v) is 18.3. The molecule has 0 spiro atoms. The number of alkyl halides is 3.